The molecule has 1 aromatic heterocycles. The van der Waals surface area contributed by atoms with Crippen molar-refractivity contribution in [1.82, 2.24) is 9.78 Å². The standard InChI is InChI=1S/C24H28N2O3.C2H6/c1-24(2,3)21-15-22(29-17-19-9-7-5-6-8-10-19)26(25-21)16-18-11-13-20(14-12-18)23(27)28-4;1-2/h5,7-15H,6,16-17H2,1-4H3;1-2H3. The van der Waals surface area contributed by atoms with Gasteiger partial charge in [-0.3, -0.25) is 0 Å². The Kier molecular flexibility index (Phi) is 8.86. The molecule has 0 N–H and O–H groups in total. The van der Waals surface area contributed by atoms with Crippen LogP contribution in [0.5, 0.6) is 5.88 Å². The maximum Gasteiger partial charge on any atom is 0.337 e. The molecule has 1 heterocycles. The van der Waals surface area contributed by atoms with E-state index in [0.29, 0.717) is 18.7 Å². The van der Waals surface area contributed by atoms with Gasteiger partial charge in [0.1, 0.15) is 6.61 Å². The van der Waals surface area contributed by atoms with Crippen molar-refractivity contribution in [3.8, 4) is 5.88 Å². The van der Waals surface area contributed by atoms with Crippen LogP contribution in [-0.4, -0.2) is 29.5 Å². The van der Waals surface area contributed by atoms with Crippen LogP contribution in [0.4, 0.5) is 0 Å². The molecule has 0 saturated heterocycles. The summed E-state index contributed by atoms with van der Waals surface area (Å²) >= 11 is 0. The van der Waals surface area contributed by atoms with Crippen molar-refractivity contribution in [3.05, 3.63) is 83.1 Å². The fourth-order valence-corrected chi connectivity index (χ4v) is 2.91. The third kappa shape index (κ3) is 6.99. The highest BCUT2D eigenvalue weighted by Crippen LogP contribution is 2.26. The summed E-state index contributed by atoms with van der Waals surface area (Å²) in [5, 5.41) is 4.78. The van der Waals surface area contributed by atoms with Crippen molar-refractivity contribution in [1.29, 1.82) is 0 Å². The van der Waals surface area contributed by atoms with Gasteiger partial charge < -0.3 is 9.47 Å². The van der Waals surface area contributed by atoms with Crippen LogP contribution in [0.2, 0.25) is 0 Å². The van der Waals surface area contributed by atoms with Crippen LogP contribution in [-0.2, 0) is 16.7 Å². The average molecular weight is 423 g/mol. The van der Waals surface area contributed by atoms with Gasteiger partial charge in [-0.2, -0.15) is 5.10 Å². The van der Waals surface area contributed by atoms with Gasteiger partial charge in [-0.25, -0.2) is 9.48 Å². The Morgan fingerprint density at radius 1 is 1.13 bits per heavy atom. The van der Waals surface area contributed by atoms with Gasteiger partial charge in [-0.05, 0) is 29.7 Å². The summed E-state index contributed by atoms with van der Waals surface area (Å²) in [6, 6.07) is 9.37. The molecule has 0 bridgehead atoms. The zero-order chi connectivity index (χ0) is 22.9. The number of carbonyl (C=O) groups is 1. The van der Waals surface area contributed by atoms with Crippen LogP contribution < -0.4 is 4.74 Å². The van der Waals surface area contributed by atoms with Crippen LogP contribution in [0.15, 0.2) is 66.3 Å². The molecule has 0 radical (unpaired) electrons. The second-order valence-corrected chi connectivity index (χ2v) is 8.06. The largest absolute Gasteiger partial charge is 0.473 e. The van der Waals surface area contributed by atoms with Crippen LogP contribution >= 0.6 is 0 Å². The number of aromatic nitrogens is 2. The van der Waals surface area contributed by atoms with Gasteiger partial charge in [-0.1, -0.05) is 77.1 Å². The van der Waals surface area contributed by atoms with Crippen molar-refractivity contribution in [2.75, 3.05) is 13.7 Å². The van der Waals surface area contributed by atoms with Gasteiger partial charge in [0.2, 0.25) is 5.88 Å². The van der Waals surface area contributed by atoms with Crippen molar-refractivity contribution in [2.45, 2.75) is 53.0 Å². The van der Waals surface area contributed by atoms with Gasteiger partial charge in [0.05, 0.1) is 24.9 Å². The van der Waals surface area contributed by atoms with Crippen LogP contribution in [0.25, 0.3) is 0 Å². The quantitative estimate of drug-likeness (QED) is 0.547. The Morgan fingerprint density at radius 3 is 2.48 bits per heavy atom. The molecule has 5 nitrogen and oxygen atoms in total. The molecule has 1 aliphatic rings. The summed E-state index contributed by atoms with van der Waals surface area (Å²) in [4.78, 5) is 11.6. The zero-order valence-electron chi connectivity index (χ0n) is 19.5. The first-order chi connectivity index (χ1) is 14.9. The Bertz CT molecular complexity index is 942. The lowest BCUT2D eigenvalue weighted by Gasteiger charge is -2.14. The summed E-state index contributed by atoms with van der Waals surface area (Å²) in [5.41, 5.74) is 3.57. The van der Waals surface area contributed by atoms with Crippen molar-refractivity contribution < 1.29 is 14.3 Å². The van der Waals surface area contributed by atoms with Crippen LogP contribution in [0, 0.1) is 0 Å². The first-order valence-electron chi connectivity index (χ1n) is 10.8. The van der Waals surface area contributed by atoms with E-state index >= 15 is 0 Å². The highest BCUT2D eigenvalue weighted by atomic mass is 16.5. The molecule has 3 rings (SSSR count). The number of allylic oxidation sites excluding steroid dienone is 4. The Balaban J connectivity index is 0.00000166. The fraction of sp³-hybridized carbons (Fsp3) is 0.385. The molecule has 2 aromatic rings. The van der Waals surface area contributed by atoms with E-state index < -0.39 is 0 Å². The molecule has 166 valence electrons. The molecule has 0 aliphatic heterocycles. The SMILES string of the molecule is CC.COC(=O)c1ccc(Cn2nc(C(C)(C)C)cc2OCC2=CC=CCC=C2)cc1. The van der Waals surface area contributed by atoms with Gasteiger partial charge >= 0.3 is 5.97 Å². The number of hydrogen-bond donors (Lipinski definition) is 0. The molecule has 5 heteroatoms. The number of esters is 1. The summed E-state index contributed by atoms with van der Waals surface area (Å²) in [6.45, 7) is 11.4. The zero-order valence-corrected chi connectivity index (χ0v) is 19.5. The molecule has 1 aliphatic carbocycles. The second-order valence-electron chi connectivity index (χ2n) is 8.06. The summed E-state index contributed by atoms with van der Waals surface area (Å²) in [7, 11) is 1.38. The molecule has 0 unspecified atom stereocenters. The van der Waals surface area contributed by atoms with Gasteiger partial charge in [0, 0.05) is 11.5 Å². The Hall–Kier alpha value is -3.08. The van der Waals surface area contributed by atoms with Gasteiger partial charge in [0.15, 0.2) is 0 Å². The van der Waals surface area contributed by atoms with E-state index in [4.69, 9.17) is 14.6 Å². The minimum Gasteiger partial charge on any atom is -0.473 e. The third-order valence-corrected chi connectivity index (χ3v) is 4.66. The smallest absolute Gasteiger partial charge is 0.337 e. The summed E-state index contributed by atoms with van der Waals surface area (Å²) in [5.74, 6) is 0.392. The molecule has 0 atom stereocenters. The molecular weight excluding hydrogens is 388 g/mol. The number of nitrogens with zero attached hydrogens (tertiary/aromatic N) is 2. The van der Waals surface area contributed by atoms with E-state index in [1.807, 2.05) is 36.7 Å². The van der Waals surface area contributed by atoms with Crippen molar-refractivity contribution >= 4 is 5.97 Å². The molecular formula is C26H34N2O3. The van der Waals surface area contributed by atoms with Crippen LogP contribution in [0.3, 0.4) is 0 Å². The maximum absolute atomic E-state index is 11.6. The molecule has 0 saturated carbocycles. The molecule has 0 fully saturated rings. The average Bonchev–Trinajstić information content (AvgIpc) is 3.00. The number of hydrogen-bond acceptors (Lipinski definition) is 4. The highest BCUT2D eigenvalue weighted by molar-refractivity contribution is 5.89. The minimum absolute atomic E-state index is 0.0810. The molecule has 31 heavy (non-hydrogen) atoms. The number of carbonyl (C=O) groups excluding carboxylic acids is 1. The van der Waals surface area contributed by atoms with Gasteiger partial charge in [-0.15, -0.1) is 0 Å². The van der Waals surface area contributed by atoms with Crippen molar-refractivity contribution in [3.63, 3.8) is 0 Å². The number of methoxy groups -OCH3 is 1. The predicted octanol–water partition coefficient (Wildman–Crippen LogP) is 5.86. The van der Waals surface area contributed by atoms with E-state index in [0.717, 1.165) is 29.1 Å². The summed E-state index contributed by atoms with van der Waals surface area (Å²) in [6.07, 6.45) is 11.4. The predicted molar refractivity (Wildman–Crippen MR) is 126 cm³/mol. The second kappa shape index (κ2) is 11.3. The fourth-order valence-electron chi connectivity index (χ4n) is 2.91. The van der Waals surface area contributed by atoms with Crippen molar-refractivity contribution in [2.24, 2.45) is 0 Å². The minimum atomic E-state index is -0.339. The molecule has 0 amide bonds. The van der Waals surface area contributed by atoms with Crippen LogP contribution in [0.1, 0.15) is 62.7 Å². The highest BCUT2D eigenvalue weighted by Gasteiger charge is 2.21. The lowest BCUT2D eigenvalue weighted by molar-refractivity contribution is 0.0600. The van der Waals surface area contributed by atoms with E-state index in [-0.39, 0.29) is 11.4 Å². The van der Waals surface area contributed by atoms with E-state index in [2.05, 4.69) is 51.2 Å². The lowest BCUT2D eigenvalue weighted by atomic mass is 9.93. The molecule has 1 aromatic carbocycles. The first-order valence-corrected chi connectivity index (χ1v) is 10.8. The monoisotopic (exact) mass is 422 g/mol. The van der Waals surface area contributed by atoms with E-state index in [9.17, 15) is 4.79 Å². The van der Waals surface area contributed by atoms with E-state index in [1.165, 1.54) is 7.11 Å². The maximum atomic E-state index is 11.6. The number of rotatable bonds is 6. The number of benzene rings is 1. The normalized spacial score (nSPS) is 13.0. The van der Waals surface area contributed by atoms with E-state index in [1.54, 1.807) is 12.1 Å². The Morgan fingerprint density at radius 2 is 1.84 bits per heavy atom. The van der Waals surface area contributed by atoms with Gasteiger partial charge in [0.25, 0.3) is 0 Å². The molecule has 0 spiro atoms. The third-order valence-electron chi connectivity index (χ3n) is 4.66. The first kappa shape index (κ1) is 24.2. The Labute approximate surface area is 186 Å². The number of ether oxygens (including phenoxy) is 2. The summed E-state index contributed by atoms with van der Waals surface area (Å²) < 4.78 is 12.8. The lowest BCUT2D eigenvalue weighted by Crippen LogP contribution is -2.13. The topological polar surface area (TPSA) is 53.4 Å².